The molecule has 0 saturated carbocycles. The lowest BCUT2D eigenvalue weighted by Gasteiger charge is -2.17. The van der Waals surface area contributed by atoms with E-state index in [-0.39, 0.29) is 0 Å². The summed E-state index contributed by atoms with van der Waals surface area (Å²) in [6.07, 6.45) is 0. The number of rotatable bonds is 3. The lowest BCUT2D eigenvalue weighted by molar-refractivity contribution is 0.383. The highest BCUT2D eigenvalue weighted by molar-refractivity contribution is 6.42. The fourth-order valence-corrected chi connectivity index (χ4v) is 1.78. The Morgan fingerprint density at radius 3 is 2.36 bits per heavy atom. The second-order valence-electron chi connectivity index (χ2n) is 3.84. The smallest absolute Gasteiger partial charge is 0.0595 e. The van der Waals surface area contributed by atoms with E-state index in [4.69, 9.17) is 23.2 Å². The third-order valence-electron chi connectivity index (χ3n) is 2.15. The van der Waals surface area contributed by atoms with Gasteiger partial charge in [-0.1, -0.05) is 36.2 Å². The van der Waals surface area contributed by atoms with Gasteiger partial charge in [-0.15, -0.1) is 0 Å². The molecule has 1 atom stereocenters. The van der Waals surface area contributed by atoms with Crippen molar-refractivity contribution in [3.8, 4) is 0 Å². The van der Waals surface area contributed by atoms with Crippen LogP contribution in [-0.4, -0.2) is 25.5 Å². The first-order chi connectivity index (χ1) is 6.50. The third kappa shape index (κ3) is 3.16. The average molecular weight is 232 g/mol. The molecule has 0 radical (unpaired) electrons. The normalized spacial score (nSPS) is 13.3. The SMILES string of the molecule is C[C@H](CN(C)C)c1ccc(Cl)c(Cl)c1. The molecule has 0 bridgehead atoms. The second kappa shape index (κ2) is 5.01. The van der Waals surface area contributed by atoms with E-state index >= 15 is 0 Å². The van der Waals surface area contributed by atoms with E-state index in [0.29, 0.717) is 16.0 Å². The highest BCUT2D eigenvalue weighted by Gasteiger charge is 2.08. The lowest BCUT2D eigenvalue weighted by atomic mass is 10.0. The van der Waals surface area contributed by atoms with Crippen LogP contribution in [0.2, 0.25) is 10.0 Å². The van der Waals surface area contributed by atoms with E-state index in [1.807, 2.05) is 18.2 Å². The van der Waals surface area contributed by atoms with E-state index in [0.717, 1.165) is 6.54 Å². The van der Waals surface area contributed by atoms with Crippen LogP contribution in [0.4, 0.5) is 0 Å². The molecule has 14 heavy (non-hydrogen) atoms. The molecule has 0 spiro atoms. The van der Waals surface area contributed by atoms with Crippen LogP contribution >= 0.6 is 23.2 Å². The third-order valence-corrected chi connectivity index (χ3v) is 2.89. The predicted octanol–water partition coefficient (Wildman–Crippen LogP) is 3.66. The average Bonchev–Trinajstić information content (AvgIpc) is 2.08. The summed E-state index contributed by atoms with van der Waals surface area (Å²) in [5.41, 5.74) is 1.23. The van der Waals surface area contributed by atoms with Gasteiger partial charge in [-0.05, 0) is 37.7 Å². The Bertz CT molecular complexity index is 310. The number of likely N-dealkylation sites (N-methyl/N-ethyl adjacent to an activating group) is 1. The maximum Gasteiger partial charge on any atom is 0.0595 e. The maximum absolute atomic E-state index is 5.95. The first-order valence-electron chi connectivity index (χ1n) is 4.60. The van der Waals surface area contributed by atoms with Crippen molar-refractivity contribution in [3.63, 3.8) is 0 Å². The van der Waals surface area contributed by atoms with Crippen molar-refractivity contribution in [3.05, 3.63) is 33.8 Å². The molecule has 3 heteroatoms. The largest absolute Gasteiger partial charge is 0.309 e. The van der Waals surface area contributed by atoms with Crippen molar-refractivity contribution in [1.82, 2.24) is 4.90 Å². The summed E-state index contributed by atoms with van der Waals surface area (Å²) < 4.78 is 0. The minimum Gasteiger partial charge on any atom is -0.309 e. The van der Waals surface area contributed by atoms with Crippen LogP contribution in [0.1, 0.15) is 18.4 Å². The van der Waals surface area contributed by atoms with Crippen molar-refractivity contribution in [2.75, 3.05) is 20.6 Å². The standard InChI is InChI=1S/C11H15Cl2N/c1-8(7-14(2)3)9-4-5-10(12)11(13)6-9/h4-6,8H,7H2,1-3H3/t8-/m1/s1. The van der Waals surface area contributed by atoms with E-state index in [1.54, 1.807) is 0 Å². The van der Waals surface area contributed by atoms with E-state index in [2.05, 4.69) is 25.9 Å². The summed E-state index contributed by atoms with van der Waals surface area (Å²) >= 11 is 11.8. The Balaban J connectivity index is 2.80. The first-order valence-corrected chi connectivity index (χ1v) is 5.36. The number of benzene rings is 1. The van der Waals surface area contributed by atoms with Gasteiger partial charge in [0.2, 0.25) is 0 Å². The molecule has 1 rings (SSSR count). The molecule has 78 valence electrons. The van der Waals surface area contributed by atoms with Gasteiger partial charge in [0.1, 0.15) is 0 Å². The number of nitrogens with zero attached hydrogens (tertiary/aromatic N) is 1. The Morgan fingerprint density at radius 1 is 1.21 bits per heavy atom. The molecule has 0 aliphatic rings. The quantitative estimate of drug-likeness (QED) is 0.768. The molecule has 0 heterocycles. The van der Waals surface area contributed by atoms with Gasteiger partial charge in [0.25, 0.3) is 0 Å². The van der Waals surface area contributed by atoms with Gasteiger partial charge in [-0.3, -0.25) is 0 Å². The van der Waals surface area contributed by atoms with E-state index in [1.165, 1.54) is 5.56 Å². The zero-order valence-electron chi connectivity index (χ0n) is 8.72. The van der Waals surface area contributed by atoms with Crippen LogP contribution in [0.5, 0.6) is 0 Å². The predicted molar refractivity (Wildman–Crippen MR) is 63.4 cm³/mol. The lowest BCUT2D eigenvalue weighted by Crippen LogP contribution is -2.18. The molecule has 0 aromatic heterocycles. The molecule has 0 N–H and O–H groups in total. The Kier molecular flexibility index (Phi) is 4.24. The van der Waals surface area contributed by atoms with E-state index in [9.17, 15) is 0 Å². The fraction of sp³-hybridized carbons (Fsp3) is 0.455. The van der Waals surface area contributed by atoms with Gasteiger partial charge in [0, 0.05) is 6.54 Å². The molecule has 0 aliphatic carbocycles. The molecule has 0 aliphatic heterocycles. The minimum atomic E-state index is 0.472. The summed E-state index contributed by atoms with van der Waals surface area (Å²) in [6.45, 7) is 3.19. The summed E-state index contributed by atoms with van der Waals surface area (Å²) in [4.78, 5) is 2.16. The molecular weight excluding hydrogens is 217 g/mol. The summed E-state index contributed by atoms with van der Waals surface area (Å²) in [6, 6.07) is 5.83. The van der Waals surface area contributed by atoms with Gasteiger partial charge >= 0.3 is 0 Å². The van der Waals surface area contributed by atoms with Crippen LogP contribution in [0.3, 0.4) is 0 Å². The van der Waals surface area contributed by atoms with Crippen molar-refractivity contribution in [2.45, 2.75) is 12.8 Å². The van der Waals surface area contributed by atoms with Crippen molar-refractivity contribution < 1.29 is 0 Å². The highest BCUT2D eigenvalue weighted by Crippen LogP contribution is 2.26. The maximum atomic E-state index is 5.95. The van der Waals surface area contributed by atoms with Gasteiger partial charge in [0.15, 0.2) is 0 Å². The van der Waals surface area contributed by atoms with Crippen LogP contribution in [0.25, 0.3) is 0 Å². The zero-order chi connectivity index (χ0) is 10.7. The van der Waals surface area contributed by atoms with Crippen molar-refractivity contribution in [1.29, 1.82) is 0 Å². The molecule has 1 nitrogen and oxygen atoms in total. The van der Waals surface area contributed by atoms with Crippen molar-refractivity contribution in [2.24, 2.45) is 0 Å². The van der Waals surface area contributed by atoms with Gasteiger partial charge in [0.05, 0.1) is 10.0 Å². The molecule has 0 saturated heterocycles. The van der Waals surface area contributed by atoms with Crippen LogP contribution in [0, 0.1) is 0 Å². The summed E-state index contributed by atoms with van der Waals surface area (Å²) in [5.74, 6) is 0.472. The topological polar surface area (TPSA) is 3.24 Å². The van der Waals surface area contributed by atoms with Crippen molar-refractivity contribution >= 4 is 23.2 Å². The molecule has 0 amide bonds. The Hall–Kier alpha value is -0.240. The fourth-order valence-electron chi connectivity index (χ4n) is 1.47. The van der Waals surface area contributed by atoms with E-state index < -0.39 is 0 Å². The highest BCUT2D eigenvalue weighted by atomic mass is 35.5. The number of hydrogen-bond donors (Lipinski definition) is 0. The molecule has 0 unspecified atom stereocenters. The van der Waals surface area contributed by atoms with Crippen LogP contribution in [-0.2, 0) is 0 Å². The Labute approximate surface area is 95.6 Å². The Morgan fingerprint density at radius 2 is 1.86 bits per heavy atom. The minimum absolute atomic E-state index is 0.472. The van der Waals surface area contributed by atoms with Gasteiger partial charge < -0.3 is 4.90 Å². The summed E-state index contributed by atoms with van der Waals surface area (Å²) in [5, 5.41) is 1.25. The molecular formula is C11H15Cl2N. The van der Waals surface area contributed by atoms with Gasteiger partial charge in [-0.25, -0.2) is 0 Å². The second-order valence-corrected chi connectivity index (χ2v) is 4.65. The van der Waals surface area contributed by atoms with Gasteiger partial charge in [-0.2, -0.15) is 0 Å². The molecule has 1 aromatic carbocycles. The number of halogens is 2. The molecule has 0 fully saturated rings. The summed E-state index contributed by atoms with van der Waals surface area (Å²) in [7, 11) is 4.13. The van der Waals surface area contributed by atoms with Crippen LogP contribution in [0.15, 0.2) is 18.2 Å². The monoisotopic (exact) mass is 231 g/mol. The first kappa shape index (κ1) is 11.8. The van der Waals surface area contributed by atoms with Crippen LogP contribution < -0.4 is 0 Å². The zero-order valence-corrected chi connectivity index (χ0v) is 10.2. The number of hydrogen-bond acceptors (Lipinski definition) is 1. The molecule has 1 aromatic rings.